The molecule has 3 amide bonds. The first-order valence-electron chi connectivity index (χ1n) is 33.1. The fraction of sp³-hybridized carbons (Fsp3) is 0.559. The Bertz CT molecular complexity index is 4220. The molecule has 27 heteroatoms. The molecular weight excluding hydrogens is 1210 g/mol. The number of fused-ring (bicyclic) bond motifs is 3. The fourth-order valence-electron chi connectivity index (χ4n) is 13.7. The minimum atomic E-state index is -0.877. The van der Waals surface area contributed by atoms with Crippen LogP contribution in [0.3, 0.4) is 0 Å². The van der Waals surface area contributed by atoms with Crippen LogP contribution in [0.1, 0.15) is 133 Å². The fourth-order valence-corrected chi connectivity index (χ4v) is 13.7. The summed E-state index contributed by atoms with van der Waals surface area (Å²) < 4.78 is 22.1. The van der Waals surface area contributed by atoms with Gasteiger partial charge >= 0.3 is 0 Å². The van der Waals surface area contributed by atoms with Gasteiger partial charge in [0.1, 0.15) is 82.0 Å². The number of nitrogens with zero attached hydrogens (tertiary/aromatic N) is 14. The van der Waals surface area contributed by atoms with Crippen LogP contribution in [0.15, 0.2) is 50.8 Å². The number of nitrogens with one attached hydrogen (secondary N) is 4. The topological polar surface area (TPSA) is 321 Å². The van der Waals surface area contributed by atoms with Crippen LogP contribution in [-0.4, -0.2) is 205 Å². The lowest BCUT2D eigenvalue weighted by Gasteiger charge is -2.41. The summed E-state index contributed by atoms with van der Waals surface area (Å²) in [5, 5.41) is 41.2. The summed E-state index contributed by atoms with van der Waals surface area (Å²) in [5.74, 6) is -0.824. The van der Waals surface area contributed by atoms with Gasteiger partial charge in [-0.25, -0.2) is 15.0 Å². The minimum Gasteiger partial charge on any atom is -0.378 e. The predicted molar refractivity (Wildman–Crippen MR) is 359 cm³/mol. The number of rotatable bonds is 21. The molecule has 27 nitrogen and oxygen atoms in total. The highest BCUT2D eigenvalue weighted by Gasteiger charge is 2.39. The van der Waals surface area contributed by atoms with E-state index in [9.17, 15) is 44.6 Å². The number of ether oxygens (including phenoxy) is 3. The lowest BCUT2D eigenvalue weighted by molar-refractivity contribution is -0.0815. The number of carbonyl (C=O) groups is 3. The molecule has 0 spiro atoms. The van der Waals surface area contributed by atoms with Gasteiger partial charge in [0.15, 0.2) is 0 Å². The summed E-state index contributed by atoms with van der Waals surface area (Å²) >= 11 is 0. The molecule has 0 radical (unpaired) electrons. The lowest BCUT2D eigenvalue weighted by Crippen LogP contribution is -2.47. The minimum absolute atomic E-state index is 0.0966. The van der Waals surface area contributed by atoms with Crippen LogP contribution in [0.2, 0.25) is 0 Å². The number of likely N-dealkylation sites (N-methyl/N-ethyl adjacent to an activating group) is 1. The van der Waals surface area contributed by atoms with Gasteiger partial charge in [-0.1, -0.05) is 0 Å². The van der Waals surface area contributed by atoms with E-state index in [1.54, 1.807) is 37.4 Å². The van der Waals surface area contributed by atoms with Crippen LogP contribution >= 0.6 is 0 Å². The molecule has 0 aromatic carbocycles. The number of pyridine rings is 6. The average molecular weight is 1300 g/mol. The number of H-pyrrole nitrogens is 1. The number of anilines is 3. The zero-order valence-electron chi connectivity index (χ0n) is 55.6. The summed E-state index contributed by atoms with van der Waals surface area (Å²) in [5.41, 5.74) is -1.07. The van der Waals surface area contributed by atoms with Crippen molar-refractivity contribution in [2.24, 2.45) is 5.92 Å². The highest BCUT2D eigenvalue weighted by Crippen LogP contribution is 2.38. The largest absolute Gasteiger partial charge is 0.378 e. The smallest absolute Gasteiger partial charge is 0.273 e. The molecule has 11 heterocycles. The van der Waals surface area contributed by atoms with Crippen molar-refractivity contribution < 1.29 is 28.6 Å². The summed E-state index contributed by atoms with van der Waals surface area (Å²) in [7, 11) is 7.57. The molecule has 11 rings (SSSR count). The monoisotopic (exact) mass is 1300 g/mol. The molecule has 4 N–H and O–H groups in total. The van der Waals surface area contributed by atoms with Gasteiger partial charge in [0.2, 0.25) is 0 Å². The number of amides is 3. The van der Waals surface area contributed by atoms with E-state index in [0.29, 0.717) is 142 Å². The highest BCUT2D eigenvalue weighted by molar-refractivity contribution is 6.00. The molecule has 0 unspecified atom stereocenters. The Kier molecular flexibility index (Phi) is 20.3. The van der Waals surface area contributed by atoms with Gasteiger partial charge in [-0.15, -0.1) is 0 Å². The van der Waals surface area contributed by atoms with Crippen LogP contribution in [0.25, 0.3) is 33.1 Å². The molecule has 6 aromatic heterocycles. The summed E-state index contributed by atoms with van der Waals surface area (Å²) in [6.07, 6.45) is 6.87. The van der Waals surface area contributed by atoms with Crippen LogP contribution in [-0.2, 0) is 27.7 Å². The Balaban J connectivity index is 0.849. The Morgan fingerprint density at radius 1 is 0.589 bits per heavy atom. The van der Waals surface area contributed by atoms with Crippen molar-refractivity contribution in [1.82, 2.24) is 59.7 Å². The van der Waals surface area contributed by atoms with Crippen LogP contribution in [0.4, 0.5) is 17.1 Å². The lowest BCUT2D eigenvalue weighted by atomic mass is 9.92. The van der Waals surface area contributed by atoms with Gasteiger partial charge in [0.25, 0.3) is 34.4 Å². The number of nitriles is 3. The zero-order valence-corrected chi connectivity index (χ0v) is 55.6. The van der Waals surface area contributed by atoms with E-state index in [-0.39, 0.29) is 77.4 Å². The van der Waals surface area contributed by atoms with Crippen LogP contribution in [0.5, 0.6) is 0 Å². The highest BCUT2D eigenvalue weighted by atomic mass is 16.5. The second-order valence-electron chi connectivity index (χ2n) is 27.0. The number of aromatic amines is 1. The maximum absolute atomic E-state index is 15.0. The standard InChI is InChI=1S/C68H86N18O9/c1-66(93-7)18-30-83(31-19-66)58-46(39-70)64(91)86(53-15-13-51(77-56(53)58)63(90)74-41-44-16-28-80(6)29-17-44)43-95-68(3)22-34-84(35-23-68)59-47(40-71)65(92)85(52-14-12-50(76-55(52)59)62(89)73-25-37-81-26-8-9-27-81)42-94-67(2)20-32-82(33-21-67)57-45(38-69)60(87)78-48-10-11-49(75-54(48)57)61(88)72-24-36-79(4)5/h10-15,44H,8-9,16-37,41-43H2,1-7H3,(H,72,88)(H,73,89)(H,74,90)(H,78,87). The van der Waals surface area contributed by atoms with E-state index in [0.717, 1.165) is 51.9 Å². The molecule has 95 heavy (non-hydrogen) atoms. The maximum Gasteiger partial charge on any atom is 0.273 e. The summed E-state index contributed by atoms with van der Waals surface area (Å²) in [6, 6.07) is 16.1. The Labute approximate surface area is 551 Å². The van der Waals surface area contributed by atoms with E-state index in [1.807, 2.05) is 54.5 Å². The molecule has 6 aromatic rings. The van der Waals surface area contributed by atoms with Crippen molar-refractivity contribution in [2.75, 3.05) is 141 Å². The normalized spacial score (nSPS) is 18.4. The second-order valence-corrected chi connectivity index (χ2v) is 27.0. The molecule has 5 aliphatic rings. The van der Waals surface area contributed by atoms with Gasteiger partial charge in [0.05, 0.1) is 50.4 Å². The third-order valence-corrected chi connectivity index (χ3v) is 20.2. The quantitative estimate of drug-likeness (QED) is 0.0784. The first-order valence-corrected chi connectivity index (χ1v) is 33.1. The SMILES string of the molecule is COC1(C)CCN(c2c(C#N)c(=O)n(COC3(C)CCN(c4c(C#N)c(=O)n(COC5(C)CCN(c6c(C#N)c(=O)[nH]c7ccc(C(=O)NCCN(C)C)nc67)CC5)c5ccc(C(=O)NCCN6CCCC6)nc45)CC3)c3ccc(C(=O)NCC4CCN(C)CC4)nc23)CC1. The Morgan fingerprint density at radius 2 is 1.02 bits per heavy atom. The van der Waals surface area contributed by atoms with Crippen molar-refractivity contribution in [1.29, 1.82) is 15.8 Å². The molecule has 0 saturated carbocycles. The number of methoxy groups -OCH3 is 1. The van der Waals surface area contributed by atoms with Gasteiger partial charge in [-0.2, -0.15) is 15.8 Å². The van der Waals surface area contributed by atoms with Gasteiger partial charge in [-0.05, 0) is 175 Å². The average Bonchev–Trinajstić information content (AvgIpc) is 1.14. The first-order chi connectivity index (χ1) is 45.6. The van der Waals surface area contributed by atoms with Gasteiger partial charge < -0.3 is 64.5 Å². The third-order valence-electron chi connectivity index (χ3n) is 20.2. The Morgan fingerprint density at radius 3 is 1.48 bits per heavy atom. The predicted octanol–water partition coefficient (Wildman–Crippen LogP) is 4.22. The summed E-state index contributed by atoms with van der Waals surface area (Å²) in [6.45, 7) is 13.9. The number of aromatic nitrogens is 6. The maximum atomic E-state index is 15.0. The van der Waals surface area contributed by atoms with Crippen LogP contribution in [0, 0.1) is 39.9 Å². The van der Waals surface area contributed by atoms with E-state index < -0.39 is 45.3 Å². The second kappa shape index (κ2) is 28.6. The summed E-state index contributed by atoms with van der Waals surface area (Å²) in [4.78, 5) is 114. The molecule has 502 valence electrons. The van der Waals surface area contributed by atoms with E-state index in [2.05, 4.69) is 61.0 Å². The van der Waals surface area contributed by atoms with Crippen molar-refractivity contribution in [2.45, 2.75) is 115 Å². The van der Waals surface area contributed by atoms with E-state index >= 15 is 0 Å². The number of likely N-dealkylation sites (tertiary alicyclic amines) is 2. The van der Waals surface area contributed by atoms with Crippen molar-refractivity contribution >= 4 is 67.9 Å². The number of piperidine rings is 4. The number of hydrogen-bond acceptors (Lipinski definition) is 21. The first kappa shape index (κ1) is 67.5. The third kappa shape index (κ3) is 14.5. The van der Waals surface area contributed by atoms with Crippen molar-refractivity contribution in [3.8, 4) is 18.2 Å². The molecular formula is C68H86N18O9. The van der Waals surface area contributed by atoms with Crippen molar-refractivity contribution in [3.63, 3.8) is 0 Å². The molecule has 0 aliphatic carbocycles. The van der Waals surface area contributed by atoms with E-state index in [1.165, 1.54) is 15.2 Å². The molecule has 5 fully saturated rings. The van der Waals surface area contributed by atoms with Gasteiger partial charge in [-0.3, -0.25) is 37.9 Å². The zero-order chi connectivity index (χ0) is 67.3. The Hall–Kier alpha value is -8.88. The van der Waals surface area contributed by atoms with E-state index in [4.69, 9.17) is 24.2 Å². The molecule has 5 aliphatic heterocycles. The number of carbonyl (C=O) groups excluding carboxylic acids is 3. The van der Waals surface area contributed by atoms with Crippen LogP contribution < -0.4 is 47.3 Å². The van der Waals surface area contributed by atoms with Gasteiger partial charge in [0, 0.05) is 79.1 Å². The number of hydrogen-bond donors (Lipinski definition) is 4. The molecule has 5 saturated heterocycles. The molecule has 0 atom stereocenters. The van der Waals surface area contributed by atoms with Crippen molar-refractivity contribution in [3.05, 3.63) is 101 Å². The molecule has 0 bridgehead atoms.